The first-order chi connectivity index (χ1) is 19.3. The molecule has 10 nitrogen and oxygen atoms in total. The van der Waals surface area contributed by atoms with Gasteiger partial charge in [-0.2, -0.15) is 0 Å². The Morgan fingerprint density at radius 3 is 2.58 bits per heavy atom. The van der Waals surface area contributed by atoms with Crippen molar-refractivity contribution in [1.29, 1.82) is 0 Å². The lowest BCUT2D eigenvalue weighted by atomic mass is 9.95. The van der Waals surface area contributed by atoms with Gasteiger partial charge in [0.2, 0.25) is 0 Å². The van der Waals surface area contributed by atoms with Crippen molar-refractivity contribution in [2.45, 2.75) is 6.04 Å². The summed E-state index contributed by atoms with van der Waals surface area (Å²) in [7, 11) is 2.94. The van der Waals surface area contributed by atoms with E-state index >= 15 is 0 Å². The summed E-state index contributed by atoms with van der Waals surface area (Å²) >= 11 is 4.53. The highest BCUT2D eigenvalue weighted by Gasteiger charge is 2.48. The van der Waals surface area contributed by atoms with Crippen LogP contribution in [0.15, 0.2) is 58.6 Å². The molecule has 2 aliphatic rings. The lowest BCUT2D eigenvalue weighted by Crippen LogP contribution is -2.29. The minimum atomic E-state index is -1.10. The van der Waals surface area contributed by atoms with Gasteiger partial charge in [0.05, 0.1) is 40.5 Å². The maximum absolute atomic E-state index is 13.6. The van der Waals surface area contributed by atoms with Gasteiger partial charge < -0.3 is 29.2 Å². The molecule has 0 aliphatic carbocycles. The number of hydrogen-bond acceptors (Lipinski definition) is 10. The molecule has 0 unspecified atom stereocenters. The lowest BCUT2D eigenvalue weighted by molar-refractivity contribution is -0.132. The zero-order chi connectivity index (χ0) is 28.1. The molecule has 1 amide bonds. The van der Waals surface area contributed by atoms with Crippen molar-refractivity contribution in [1.82, 2.24) is 4.98 Å². The Kier molecular flexibility index (Phi) is 6.51. The van der Waals surface area contributed by atoms with Crippen LogP contribution in [0.25, 0.3) is 16.0 Å². The SMILES string of the molecule is COc1ccc2nc(N3C(=O)C(=O)/C(=C(/O)c4ccc5c(c4)OCCO5)[C@H]3c3cc(Br)c(O)c(OC)c3)sc2c1. The number of thiazole rings is 1. The second-order valence-corrected chi connectivity index (χ2v) is 10.8. The van der Waals surface area contributed by atoms with Crippen LogP contribution in [-0.2, 0) is 9.59 Å². The number of rotatable bonds is 5. The third-order valence-corrected chi connectivity index (χ3v) is 8.26. The van der Waals surface area contributed by atoms with E-state index in [-0.39, 0.29) is 32.2 Å². The number of aromatic hydroxyl groups is 1. The predicted octanol–water partition coefficient (Wildman–Crippen LogP) is 5.18. The van der Waals surface area contributed by atoms with Crippen LogP contribution in [0.5, 0.6) is 28.7 Å². The molecule has 4 aromatic rings. The standard InChI is InChI=1S/C28H21BrN2O8S/c1-36-15-4-5-17-21(12-15)40-28(30-17)31-23(14-9-16(29)25(33)20(11-14)37-2)22(26(34)27(31)35)24(32)13-3-6-18-19(10-13)39-8-7-38-18/h3-6,9-12,23,32-33H,7-8H2,1-2H3/b24-22+/t23-/m1/s1. The van der Waals surface area contributed by atoms with Crippen molar-refractivity contribution in [3.05, 3.63) is 69.7 Å². The molecule has 204 valence electrons. The number of phenols is 1. The molecule has 3 heterocycles. The largest absolute Gasteiger partial charge is 0.507 e. The van der Waals surface area contributed by atoms with Crippen LogP contribution in [0.3, 0.4) is 0 Å². The monoisotopic (exact) mass is 624 g/mol. The van der Waals surface area contributed by atoms with Gasteiger partial charge in [0.15, 0.2) is 28.1 Å². The molecule has 0 radical (unpaired) electrons. The molecule has 6 rings (SSSR count). The number of phenolic OH excluding ortho intramolecular Hbond substituents is 1. The summed E-state index contributed by atoms with van der Waals surface area (Å²) in [6.07, 6.45) is 0. The van der Waals surface area contributed by atoms with E-state index in [9.17, 15) is 19.8 Å². The van der Waals surface area contributed by atoms with Gasteiger partial charge >= 0.3 is 5.91 Å². The highest BCUT2D eigenvalue weighted by Crippen LogP contribution is 2.48. The van der Waals surface area contributed by atoms with Gasteiger partial charge in [-0.1, -0.05) is 11.3 Å². The van der Waals surface area contributed by atoms with Crippen LogP contribution in [0, 0.1) is 0 Å². The van der Waals surface area contributed by atoms with E-state index in [1.165, 1.54) is 29.4 Å². The number of aromatic nitrogens is 1. The number of hydrogen-bond donors (Lipinski definition) is 2. The Labute approximate surface area is 240 Å². The van der Waals surface area contributed by atoms with Crippen LogP contribution < -0.4 is 23.8 Å². The van der Waals surface area contributed by atoms with Gasteiger partial charge in [0, 0.05) is 5.56 Å². The number of Topliss-reactive ketones (excluding diaryl/α,β-unsaturated/α-hetero) is 1. The topological polar surface area (TPSA) is 128 Å². The molecular formula is C28H21BrN2O8S. The summed E-state index contributed by atoms with van der Waals surface area (Å²) in [6, 6.07) is 12.1. The van der Waals surface area contributed by atoms with Crippen LogP contribution >= 0.6 is 27.3 Å². The van der Waals surface area contributed by atoms with E-state index in [1.54, 1.807) is 49.6 Å². The third-order valence-electron chi connectivity index (χ3n) is 6.64. The molecule has 1 saturated heterocycles. The van der Waals surface area contributed by atoms with Crippen molar-refractivity contribution in [3.63, 3.8) is 0 Å². The van der Waals surface area contributed by atoms with Crippen molar-refractivity contribution in [2.75, 3.05) is 32.3 Å². The van der Waals surface area contributed by atoms with Crippen LogP contribution in [0.2, 0.25) is 0 Å². The van der Waals surface area contributed by atoms with Crippen molar-refractivity contribution in [3.8, 4) is 28.7 Å². The fourth-order valence-corrected chi connectivity index (χ4v) is 6.20. The maximum Gasteiger partial charge on any atom is 0.301 e. The van der Waals surface area contributed by atoms with Gasteiger partial charge in [-0.3, -0.25) is 14.5 Å². The summed E-state index contributed by atoms with van der Waals surface area (Å²) < 4.78 is 22.9. The molecule has 0 bridgehead atoms. The van der Waals surface area contributed by atoms with Crippen molar-refractivity contribution < 1.29 is 38.7 Å². The molecule has 40 heavy (non-hydrogen) atoms. The van der Waals surface area contributed by atoms with Gasteiger partial charge in [-0.25, -0.2) is 4.98 Å². The second kappa shape index (κ2) is 10.0. The first-order valence-corrected chi connectivity index (χ1v) is 13.6. The number of halogens is 1. The van der Waals surface area contributed by atoms with Gasteiger partial charge in [0.25, 0.3) is 5.78 Å². The number of amides is 1. The molecule has 0 spiro atoms. The van der Waals surface area contributed by atoms with Crippen molar-refractivity contribution in [2.24, 2.45) is 0 Å². The number of fused-ring (bicyclic) bond motifs is 2. The summed E-state index contributed by atoms with van der Waals surface area (Å²) in [5.74, 6) is -0.644. The molecule has 2 N–H and O–H groups in total. The first kappa shape index (κ1) is 26.0. The van der Waals surface area contributed by atoms with E-state index in [4.69, 9.17) is 18.9 Å². The summed E-state index contributed by atoms with van der Waals surface area (Å²) in [4.78, 5) is 33.1. The molecule has 1 atom stereocenters. The molecule has 1 fully saturated rings. The third kappa shape index (κ3) is 4.20. The minimum Gasteiger partial charge on any atom is -0.507 e. The van der Waals surface area contributed by atoms with Crippen LogP contribution in [0.1, 0.15) is 17.2 Å². The zero-order valence-electron chi connectivity index (χ0n) is 21.1. The molecule has 12 heteroatoms. The Morgan fingerprint density at radius 1 is 1.05 bits per heavy atom. The number of anilines is 1. The normalized spacial score (nSPS) is 17.9. The highest BCUT2D eigenvalue weighted by molar-refractivity contribution is 9.10. The van der Waals surface area contributed by atoms with E-state index in [2.05, 4.69) is 20.9 Å². The average molecular weight is 625 g/mol. The van der Waals surface area contributed by atoms with Gasteiger partial charge in [0.1, 0.15) is 24.7 Å². The first-order valence-electron chi connectivity index (χ1n) is 12.0. The van der Waals surface area contributed by atoms with Crippen LogP contribution in [0.4, 0.5) is 5.13 Å². The van der Waals surface area contributed by atoms with Gasteiger partial charge in [-0.05, 0) is 70.0 Å². The highest BCUT2D eigenvalue weighted by atomic mass is 79.9. The summed E-state index contributed by atoms with van der Waals surface area (Å²) in [6.45, 7) is 0.736. The van der Waals surface area contributed by atoms with Crippen molar-refractivity contribution >= 4 is 60.1 Å². The molecule has 0 saturated carbocycles. The molecule has 1 aromatic heterocycles. The average Bonchev–Trinajstić information content (AvgIpc) is 3.51. The summed E-state index contributed by atoms with van der Waals surface area (Å²) in [5.41, 5.74) is 1.12. The Balaban J connectivity index is 1.57. The van der Waals surface area contributed by atoms with E-state index in [0.29, 0.717) is 41.5 Å². The number of carbonyl (C=O) groups excluding carboxylic acids is 2. The number of carbonyl (C=O) groups is 2. The quantitative estimate of drug-likeness (QED) is 0.175. The van der Waals surface area contributed by atoms with Crippen LogP contribution in [-0.4, -0.2) is 54.3 Å². The Bertz CT molecular complexity index is 1730. The zero-order valence-corrected chi connectivity index (χ0v) is 23.5. The summed E-state index contributed by atoms with van der Waals surface area (Å²) in [5, 5.41) is 22.2. The van der Waals surface area contributed by atoms with E-state index in [0.717, 1.165) is 4.70 Å². The number of nitrogens with zero attached hydrogens (tertiary/aromatic N) is 2. The Morgan fingerprint density at radius 2 is 1.82 bits per heavy atom. The number of aliphatic hydroxyl groups excluding tert-OH is 1. The second-order valence-electron chi connectivity index (χ2n) is 8.91. The maximum atomic E-state index is 13.6. The molecule has 3 aromatic carbocycles. The molecular weight excluding hydrogens is 604 g/mol. The fraction of sp³-hybridized carbons (Fsp3) is 0.179. The fourth-order valence-electron chi connectivity index (χ4n) is 4.72. The van der Waals surface area contributed by atoms with E-state index < -0.39 is 23.5 Å². The number of ether oxygens (including phenoxy) is 4. The number of benzene rings is 3. The number of methoxy groups -OCH3 is 2. The number of aliphatic hydroxyl groups is 1. The smallest absolute Gasteiger partial charge is 0.301 e. The predicted molar refractivity (Wildman–Crippen MR) is 151 cm³/mol. The number of ketones is 1. The van der Waals surface area contributed by atoms with Gasteiger partial charge in [-0.15, -0.1) is 0 Å². The Hall–Kier alpha value is -4.29. The minimum absolute atomic E-state index is 0.114. The van der Waals surface area contributed by atoms with E-state index in [1.807, 2.05) is 0 Å². The molecule has 2 aliphatic heterocycles. The lowest BCUT2D eigenvalue weighted by Gasteiger charge is -2.24.